The van der Waals surface area contributed by atoms with Crippen molar-refractivity contribution in [3.63, 3.8) is 0 Å². The van der Waals surface area contributed by atoms with E-state index < -0.39 is 0 Å². The maximum atomic E-state index is 12.8. The number of nitrogens with one attached hydrogen (secondary N) is 3. The Bertz CT molecular complexity index is 1350. The van der Waals surface area contributed by atoms with E-state index in [0.29, 0.717) is 25.6 Å². The number of pyridine rings is 1. The first-order chi connectivity index (χ1) is 17.5. The molecule has 0 aliphatic carbocycles. The number of thiazole rings is 1. The summed E-state index contributed by atoms with van der Waals surface area (Å²) in [5.74, 6) is 0.00778. The molecule has 7 nitrogen and oxygen atoms in total. The van der Waals surface area contributed by atoms with Crippen LogP contribution in [0.3, 0.4) is 0 Å². The number of benzene rings is 1. The van der Waals surface area contributed by atoms with Gasteiger partial charge in [-0.25, -0.2) is 4.98 Å². The van der Waals surface area contributed by atoms with Crippen LogP contribution < -0.4 is 16.0 Å². The molecule has 3 aromatic heterocycles. The van der Waals surface area contributed by atoms with Gasteiger partial charge in [0.25, 0.3) is 0 Å². The lowest BCUT2D eigenvalue weighted by Gasteiger charge is -2.26. The number of methoxy groups -OCH3 is 1. The van der Waals surface area contributed by atoms with Gasteiger partial charge >= 0.3 is 0 Å². The Labute approximate surface area is 219 Å². The SMILES string of the molecule is COCCNCCC(=O)Nc1sc2c(c1-c1nc3cc(-c4cccnc4)ccc3s1)CC(C)NC2C. The van der Waals surface area contributed by atoms with Crippen LogP contribution in [-0.2, 0) is 16.0 Å². The highest BCUT2D eigenvalue weighted by atomic mass is 32.1. The summed E-state index contributed by atoms with van der Waals surface area (Å²) in [4.78, 5) is 23.5. The zero-order chi connectivity index (χ0) is 25.1. The van der Waals surface area contributed by atoms with Gasteiger partial charge in [-0.3, -0.25) is 9.78 Å². The summed E-state index contributed by atoms with van der Waals surface area (Å²) >= 11 is 3.36. The van der Waals surface area contributed by atoms with E-state index in [4.69, 9.17) is 9.72 Å². The molecular weight excluding hydrogens is 490 g/mol. The number of hydrogen-bond acceptors (Lipinski definition) is 8. The summed E-state index contributed by atoms with van der Waals surface area (Å²) in [7, 11) is 1.67. The van der Waals surface area contributed by atoms with Gasteiger partial charge in [-0.1, -0.05) is 12.1 Å². The highest BCUT2D eigenvalue weighted by molar-refractivity contribution is 7.23. The van der Waals surface area contributed by atoms with Crippen LogP contribution in [0.1, 0.15) is 36.8 Å². The lowest BCUT2D eigenvalue weighted by Crippen LogP contribution is -2.35. The van der Waals surface area contributed by atoms with Crippen LogP contribution in [0.15, 0.2) is 42.7 Å². The molecule has 0 spiro atoms. The minimum Gasteiger partial charge on any atom is -0.383 e. The fraction of sp³-hybridized carbons (Fsp3) is 0.370. The van der Waals surface area contributed by atoms with E-state index in [0.717, 1.165) is 49.9 Å². The van der Waals surface area contributed by atoms with E-state index in [1.807, 2.05) is 12.3 Å². The molecule has 0 saturated carbocycles. The molecule has 1 amide bonds. The molecule has 1 aliphatic rings. The molecule has 5 rings (SSSR count). The maximum absolute atomic E-state index is 12.8. The van der Waals surface area contributed by atoms with Gasteiger partial charge < -0.3 is 20.7 Å². The summed E-state index contributed by atoms with van der Waals surface area (Å²) in [5.41, 5.74) is 5.52. The summed E-state index contributed by atoms with van der Waals surface area (Å²) in [6.07, 6.45) is 4.98. The first kappa shape index (κ1) is 25.0. The number of hydrogen-bond donors (Lipinski definition) is 3. The quantitative estimate of drug-likeness (QED) is 0.261. The van der Waals surface area contributed by atoms with Crippen LogP contribution in [0.2, 0.25) is 0 Å². The lowest BCUT2D eigenvalue weighted by molar-refractivity contribution is -0.116. The van der Waals surface area contributed by atoms with Gasteiger partial charge in [0.15, 0.2) is 0 Å². The number of carbonyl (C=O) groups is 1. The smallest absolute Gasteiger partial charge is 0.226 e. The van der Waals surface area contributed by atoms with Crippen molar-refractivity contribution in [1.29, 1.82) is 0 Å². The molecule has 2 unspecified atom stereocenters. The largest absolute Gasteiger partial charge is 0.383 e. The van der Waals surface area contributed by atoms with E-state index >= 15 is 0 Å². The molecule has 0 bridgehead atoms. The number of carbonyl (C=O) groups excluding carboxylic acids is 1. The number of rotatable bonds is 9. The lowest BCUT2D eigenvalue weighted by atomic mass is 9.95. The van der Waals surface area contributed by atoms with Crippen molar-refractivity contribution >= 4 is 43.8 Å². The zero-order valence-electron chi connectivity index (χ0n) is 20.8. The van der Waals surface area contributed by atoms with Crippen molar-refractivity contribution in [2.75, 3.05) is 32.1 Å². The number of thiophene rings is 1. The Balaban J connectivity index is 1.47. The first-order valence-electron chi connectivity index (χ1n) is 12.3. The summed E-state index contributed by atoms with van der Waals surface area (Å²) < 4.78 is 6.19. The second-order valence-electron chi connectivity index (χ2n) is 9.13. The monoisotopic (exact) mass is 521 g/mol. The number of fused-ring (bicyclic) bond motifs is 2. The van der Waals surface area contributed by atoms with Crippen molar-refractivity contribution in [1.82, 2.24) is 20.6 Å². The van der Waals surface area contributed by atoms with E-state index in [2.05, 4.69) is 59.0 Å². The van der Waals surface area contributed by atoms with E-state index in [1.165, 1.54) is 10.4 Å². The van der Waals surface area contributed by atoms with Gasteiger partial charge in [0, 0.05) is 67.1 Å². The van der Waals surface area contributed by atoms with Crippen molar-refractivity contribution in [3.8, 4) is 21.7 Å². The molecule has 4 aromatic rings. The summed E-state index contributed by atoms with van der Waals surface area (Å²) in [6, 6.07) is 11.0. The third-order valence-electron chi connectivity index (χ3n) is 6.34. The van der Waals surface area contributed by atoms with Crippen LogP contribution in [0.25, 0.3) is 31.9 Å². The molecule has 4 heterocycles. The summed E-state index contributed by atoms with van der Waals surface area (Å²) in [5, 5.41) is 12.0. The second kappa shape index (κ2) is 11.1. The fourth-order valence-electron chi connectivity index (χ4n) is 4.65. The van der Waals surface area contributed by atoms with Gasteiger partial charge in [-0.05, 0) is 49.6 Å². The molecular formula is C27H31N5O2S2. The van der Waals surface area contributed by atoms with Gasteiger partial charge in [0.2, 0.25) is 5.91 Å². The van der Waals surface area contributed by atoms with Crippen LogP contribution >= 0.6 is 22.7 Å². The van der Waals surface area contributed by atoms with E-state index in [-0.39, 0.29) is 11.9 Å². The number of amides is 1. The Kier molecular flexibility index (Phi) is 7.73. The molecule has 2 atom stereocenters. The van der Waals surface area contributed by atoms with E-state index in [1.54, 1.807) is 36.0 Å². The third kappa shape index (κ3) is 5.35. The standard InChI is InChI=1S/C27H31N5O2S2/c1-16-13-20-24(26-31-21-14-18(6-7-22(21)35-26)19-5-4-9-29-15-19)27(36-25(20)17(2)30-16)32-23(33)8-10-28-11-12-34-3/h4-7,9,14-17,28,30H,8,10-13H2,1-3H3,(H,32,33). The maximum Gasteiger partial charge on any atom is 0.226 e. The predicted octanol–water partition coefficient (Wildman–Crippen LogP) is 5.25. The molecule has 1 aliphatic heterocycles. The normalized spacial score (nSPS) is 17.3. The minimum atomic E-state index is 0.00778. The molecule has 9 heteroatoms. The second-order valence-corrected chi connectivity index (χ2v) is 11.2. The van der Waals surface area contributed by atoms with Crippen molar-refractivity contribution in [3.05, 3.63) is 53.2 Å². The summed E-state index contributed by atoms with van der Waals surface area (Å²) in [6.45, 7) is 6.38. The molecule has 0 radical (unpaired) electrons. The molecule has 188 valence electrons. The average Bonchev–Trinajstić information content (AvgIpc) is 3.44. The van der Waals surface area contributed by atoms with Crippen molar-refractivity contribution < 1.29 is 9.53 Å². The zero-order valence-corrected chi connectivity index (χ0v) is 22.4. The minimum absolute atomic E-state index is 0.00778. The molecule has 1 aromatic carbocycles. The molecule has 36 heavy (non-hydrogen) atoms. The average molecular weight is 522 g/mol. The number of ether oxygens (including phenoxy) is 1. The molecule has 3 N–H and O–H groups in total. The highest BCUT2D eigenvalue weighted by Crippen LogP contribution is 2.47. The first-order valence-corrected chi connectivity index (χ1v) is 13.9. The fourth-order valence-corrected chi connectivity index (χ4v) is 7.00. The van der Waals surface area contributed by atoms with Crippen LogP contribution in [-0.4, -0.2) is 48.7 Å². The van der Waals surface area contributed by atoms with Gasteiger partial charge in [-0.2, -0.15) is 0 Å². The number of anilines is 1. The number of nitrogens with zero attached hydrogens (tertiary/aromatic N) is 2. The van der Waals surface area contributed by atoms with Crippen LogP contribution in [0.5, 0.6) is 0 Å². The Hall–Kier alpha value is -2.69. The third-order valence-corrected chi connectivity index (χ3v) is 8.72. The van der Waals surface area contributed by atoms with Crippen LogP contribution in [0.4, 0.5) is 5.00 Å². The van der Waals surface area contributed by atoms with Crippen molar-refractivity contribution in [2.45, 2.75) is 38.8 Å². The molecule has 0 saturated heterocycles. The number of aromatic nitrogens is 2. The topological polar surface area (TPSA) is 88.2 Å². The Morgan fingerprint density at radius 3 is 2.89 bits per heavy atom. The Morgan fingerprint density at radius 1 is 1.19 bits per heavy atom. The van der Waals surface area contributed by atoms with Gasteiger partial charge in [-0.15, -0.1) is 22.7 Å². The van der Waals surface area contributed by atoms with Crippen LogP contribution in [0, 0.1) is 0 Å². The molecule has 0 fully saturated rings. The van der Waals surface area contributed by atoms with E-state index in [9.17, 15) is 4.79 Å². The Morgan fingerprint density at radius 2 is 2.08 bits per heavy atom. The predicted molar refractivity (Wildman–Crippen MR) is 149 cm³/mol. The van der Waals surface area contributed by atoms with Gasteiger partial charge in [0.1, 0.15) is 10.0 Å². The van der Waals surface area contributed by atoms with Gasteiger partial charge in [0.05, 0.1) is 16.8 Å². The highest BCUT2D eigenvalue weighted by Gasteiger charge is 2.30. The van der Waals surface area contributed by atoms with Crippen molar-refractivity contribution in [2.24, 2.45) is 0 Å².